The SMILES string of the molecule is COc1cc(C(C)(C)c2cnc(CCc3c(F)cccc3Cl)n2-c2ccc(F)cc2)ccc1Cl. The molecule has 0 N–H and O–H groups in total. The zero-order valence-electron chi connectivity index (χ0n) is 19.1. The van der Waals surface area contributed by atoms with Gasteiger partial charge in [-0.2, -0.15) is 0 Å². The lowest BCUT2D eigenvalue weighted by molar-refractivity contribution is 0.413. The Hall–Kier alpha value is -2.89. The Balaban J connectivity index is 1.80. The van der Waals surface area contributed by atoms with Crippen molar-refractivity contribution in [2.24, 2.45) is 0 Å². The third-order valence-electron chi connectivity index (χ3n) is 6.09. The number of aromatic nitrogens is 2. The molecule has 0 saturated heterocycles. The molecule has 0 aliphatic rings. The first-order valence-electron chi connectivity index (χ1n) is 10.8. The van der Waals surface area contributed by atoms with Gasteiger partial charge >= 0.3 is 0 Å². The lowest BCUT2D eigenvalue weighted by atomic mass is 9.81. The molecule has 0 saturated carbocycles. The van der Waals surface area contributed by atoms with Gasteiger partial charge in [-0.1, -0.05) is 49.2 Å². The summed E-state index contributed by atoms with van der Waals surface area (Å²) >= 11 is 12.5. The van der Waals surface area contributed by atoms with Crippen LogP contribution >= 0.6 is 23.2 Å². The van der Waals surface area contributed by atoms with Crippen LogP contribution in [0.1, 0.15) is 36.5 Å². The van der Waals surface area contributed by atoms with Gasteiger partial charge in [-0.3, -0.25) is 4.57 Å². The molecule has 7 heteroatoms. The maximum Gasteiger partial charge on any atom is 0.137 e. The number of rotatable bonds is 7. The van der Waals surface area contributed by atoms with Gasteiger partial charge in [0.25, 0.3) is 0 Å². The van der Waals surface area contributed by atoms with Crippen LogP contribution in [0, 0.1) is 11.6 Å². The Morgan fingerprint density at radius 3 is 2.35 bits per heavy atom. The zero-order chi connectivity index (χ0) is 24.5. The van der Waals surface area contributed by atoms with E-state index in [0.717, 1.165) is 22.8 Å². The third-order valence-corrected chi connectivity index (χ3v) is 6.76. The molecule has 4 aromatic rings. The number of methoxy groups -OCH3 is 1. The Morgan fingerprint density at radius 2 is 1.68 bits per heavy atom. The summed E-state index contributed by atoms with van der Waals surface area (Å²) in [5.74, 6) is 0.623. The van der Waals surface area contributed by atoms with Crippen molar-refractivity contribution in [2.75, 3.05) is 7.11 Å². The zero-order valence-corrected chi connectivity index (χ0v) is 20.6. The Morgan fingerprint density at radius 1 is 0.941 bits per heavy atom. The van der Waals surface area contributed by atoms with Gasteiger partial charge in [0.05, 0.1) is 17.8 Å². The number of nitrogens with zero attached hydrogens (tertiary/aromatic N) is 2. The fraction of sp³-hybridized carbons (Fsp3) is 0.222. The van der Waals surface area contributed by atoms with Crippen LogP contribution in [0.3, 0.4) is 0 Å². The van der Waals surface area contributed by atoms with E-state index in [4.69, 9.17) is 27.9 Å². The third kappa shape index (κ3) is 4.68. The molecule has 0 fully saturated rings. The highest BCUT2D eigenvalue weighted by molar-refractivity contribution is 6.32. The van der Waals surface area contributed by atoms with Gasteiger partial charge in [-0.15, -0.1) is 0 Å². The average Bonchev–Trinajstić information content (AvgIpc) is 3.24. The Kier molecular flexibility index (Phi) is 6.96. The van der Waals surface area contributed by atoms with Gasteiger partial charge in [0.1, 0.15) is 23.2 Å². The van der Waals surface area contributed by atoms with Crippen molar-refractivity contribution in [3.63, 3.8) is 0 Å². The molecule has 0 aliphatic carbocycles. The van der Waals surface area contributed by atoms with Crippen LogP contribution in [0.5, 0.6) is 5.75 Å². The summed E-state index contributed by atoms with van der Waals surface area (Å²) in [5, 5.41) is 0.908. The van der Waals surface area contributed by atoms with Crippen LogP contribution in [0.2, 0.25) is 10.0 Å². The molecule has 1 heterocycles. The summed E-state index contributed by atoms with van der Waals surface area (Å²) < 4.78 is 35.5. The minimum atomic E-state index is -0.507. The predicted octanol–water partition coefficient (Wildman–Crippen LogP) is 7.58. The van der Waals surface area contributed by atoms with Crippen LogP contribution in [0.25, 0.3) is 5.69 Å². The molecule has 0 spiro atoms. The first-order valence-corrected chi connectivity index (χ1v) is 11.6. The summed E-state index contributed by atoms with van der Waals surface area (Å²) in [7, 11) is 1.58. The minimum absolute atomic E-state index is 0.327. The van der Waals surface area contributed by atoms with Crippen LogP contribution < -0.4 is 4.74 Å². The maximum absolute atomic E-state index is 14.4. The molecule has 4 rings (SSSR count). The monoisotopic (exact) mass is 500 g/mol. The second kappa shape index (κ2) is 9.77. The molecular formula is C27H24Cl2F2N2O. The highest BCUT2D eigenvalue weighted by Gasteiger charge is 2.30. The molecule has 0 aliphatic heterocycles. The first kappa shape index (κ1) is 24.2. The maximum atomic E-state index is 14.4. The molecule has 0 atom stereocenters. The summed E-state index contributed by atoms with van der Waals surface area (Å²) in [6.07, 6.45) is 2.62. The van der Waals surface area contributed by atoms with Crippen molar-refractivity contribution >= 4 is 23.2 Å². The van der Waals surface area contributed by atoms with Gasteiger partial charge in [-0.25, -0.2) is 13.8 Å². The fourth-order valence-corrected chi connectivity index (χ4v) is 4.54. The van der Waals surface area contributed by atoms with E-state index in [1.807, 2.05) is 22.9 Å². The average molecular weight is 501 g/mol. The molecule has 3 aromatic carbocycles. The number of imidazole rings is 1. The van der Waals surface area contributed by atoms with E-state index in [-0.39, 0.29) is 11.6 Å². The van der Waals surface area contributed by atoms with Crippen molar-refractivity contribution < 1.29 is 13.5 Å². The van der Waals surface area contributed by atoms with Gasteiger partial charge in [-0.05, 0) is 60.5 Å². The second-order valence-electron chi connectivity index (χ2n) is 8.55. The Bertz CT molecular complexity index is 1300. The molecule has 3 nitrogen and oxygen atoms in total. The second-order valence-corrected chi connectivity index (χ2v) is 9.36. The molecule has 0 unspecified atom stereocenters. The van der Waals surface area contributed by atoms with E-state index in [2.05, 4.69) is 18.8 Å². The summed E-state index contributed by atoms with van der Waals surface area (Å²) in [6, 6.07) is 16.6. The molecule has 0 bridgehead atoms. The lowest BCUT2D eigenvalue weighted by Crippen LogP contribution is -2.23. The smallest absolute Gasteiger partial charge is 0.137 e. The molecule has 1 aromatic heterocycles. The van der Waals surface area contributed by atoms with E-state index in [1.165, 1.54) is 18.2 Å². The quantitative estimate of drug-likeness (QED) is 0.261. The lowest BCUT2D eigenvalue weighted by Gasteiger charge is -2.28. The number of hydrogen-bond donors (Lipinski definition) is 0. The van der Waals surface area contributed by atoms with Gasteiger partial charge < -0.3 is 4.74 Å². The molecular weight excluding hydrogens is 477 g/mol. The first-order chi connectivity index (χ1) is 16.2. The van der Waals surface area contributed by atoms with Crippen LogP contribution in [-0.4, -0.2) is 16.7 Å². The van der Waals surface area contributed by atoms with E-state index < -0.39 is 5.41 Å². The molecule has 0 radical (unpaired) electrons. The van der Waals surface area contributed by atoms with E-state index >= 15 is 0 Å². The van der Waals surface area contributed by atoms with Gasteiger partial charge in [0.2, 0.25) is 0 Å². The predicted molar refractivity (Wildman–Crippen MR) is 132 cm³/mol. The van der Waals surface area contributed by atoms with E-state index in [9.17, 15) is 8.78 Å². The topological polar surface area (TPSA) is 27.1 Å². The van der Waals surface area contributed by atoms with Crippen molar-refractivity contribution in [1.82, 2.24) is 9.55 Å². The van der Waals surface area contributed by atoms with E-state index in [0.29, 0.717) is 34.2 Å². The number of hydrogen-bond acceptors (Lipinski definition) is 2. The number of ether oxygens (including phenoxy) is 1. The van der Waals surface area contributed by atoms with Crippen LogP contribution in [0.15, 0.2) is 66.9 Å². The number of aryl methyl sites for hydroxylation is 1. The van der Waals surface area contributed by atoms with Crippen LogP contribution in [-0.2, 0) is 18.3 Å². The standard InChI is InChI=1S/C27H24Cl2F2N2O/c1-27(2,17-7-13-22(29)24(15-17)34-3)25-16-32-26(33(25)19-10-8-18(30)9-11-19)14-12-20-21(28)5-4-6-23(20)31/h4-11,13,15-16H,12,14H2,1-3H3. The number of benzene rings is 3. The highest BCUT2D eigenvalue weighted by Crippen LogP contribution is 2.37. The molecule has 34 heavy (non-hydrogen) atoms. The Labute approximate surface area is 207 Å². The minimum Gasteiger partial charge on any atom is -0.495 e. The van der Waals surface area contributed by atoms with E-state index in [1.54, 1.807) is 37.4 Å². The fourth-order valence-electron chi connectivity index (χ4n) is 4.09. The number of halogens is 4. The van der Waals surface area contributed by atoms with Crippen LogP contribution in [0.4, 0.5) is 8.78 Å². The summed E-state index contributed by atoms with van der Waals surface area (Å²) in [4.78, 5) is 4.69. The largest absolute Gasteiger partial charge is 0.495 e. The summed E-state index contributed by atoms with van der Waals surface area (Å²) in [5.41, 5.74) is 2.56. The van der Waals surface area contributed by atoms with Gasteiger partial charge in [0, 0.05) is 34.3 Å². The van der Waals surface area contributed by atoms with Crippen molar-refractivity contribution in [2.45, 2.75) is 32.1 Å². The summed E-state index contributed by atoms with van der Waals surface area (Å²) in [6.45, 7) is 4.15. The van der Waals surface area contributed by atoms with Crippen molar-refractivity contribution in [3.05, 3.63) is 111 Å². The molecule has 176 valence electrons. The van der Waals surface area contributed by atoms with Crippen molar-refractivity contribution in [3.8, 4) is 11.4 Å². The normalized spacial score (nSPS) is 11.6. The highest BCUT2D eigenvalue weighted by atomic mass is 35.5. The van der Waals surface area contributed by atoms with Gasteiger partial charge in [0.15, 0.2) is 0 Å². The van der Waals surface area contributed by atoms with Crippen molar-refractivity contribution in [1.29, 1.82) is 0 Å². The molecule has 0 amide bonds.